The number of carbonyl (C=O) groups excluding carboxylic acids is 2. The highest BCUT2D eigenvalue weighted by molar-refractivity contribution is 8.00. The number of amides is 2. The van der Waals surface area contributed by atoms with Crippen LogP contribution < -0.4 is 15.5 Å². The number of anilines is 2. The summed E-state index contributed by atoms with van der Waals surface area (Å²) in [6, 6.07) is 12.2. The third-order valence-corrected chi connectivity index (χ3v) is 5.76. The zero-order valence-corrected chi connectivity index (χ0v) is 18.1. The molecular formula is C21H29N5O3S. The fourth-order valence-corrected chi connectivity index (χ4v) is 3.94. The van der Waals surface area contributed by atoms with Gasteiger partial charge in [-0.3, -0.25) is 14.5 Å². The molecule has 1 aromatic heterocycles. The molecule has 162 valence electrons. The largest absolute Gasteiger partial charge is 0.369 e. The molecular weight excluding hydrogens is 402 g/mol. The number of nitrogens with one attached hydrogen (secondary N) is 2. The molecule has 2 aromatic rings. The van der Waals surface area contributed by atoms with Gasteiger partial charge in [-0.1, -0.05) is 23.4 Å². The van der Waals surface area contributed by atoms with Gasteiger partial charge in [-0.2, -0.15) is 0 Å². The molecule has 0 saturated carbocycles. The summed E-state index contributed by atoms with van der Waals surface area (Å²) in [4.78, 5) is 28.6. The van der Waals surface area contributed by atoms with Gasteiger partial charge >= 0.3 is 0 Å². The van der Waals surface area contributed by atoms with Crippen molar-refractivity contribution in [2.45, 2.75) is 13.3 Å². The van der Waals surface area contributed by atoms with Gasteiger partial charge in [0.15, 0.2) is 5.82 Å². The van der Waals surface area contributed by atoms with Crippen molar-refractivity contribution in [2.24, 2.45) is 0 Å². The van der Waals surface area contributed by atoms with Crippen LogP contribution in [0.1, 0.15) is 12.2 Å². The summed E-state index contributed by atoms with van der Waals surface area (Å²) in [7, 11) is 0. The highest BCUT2D eigenvalue weighted by Gasteiger charge is 2.16. The molecule has 1 saturated heterocycles. The first-order valence-electron chi connectivity index (χ1n) is 10.2. The van der Waals surface area contributed by atoms with E-state index in [1.165, 1.54) is 17.4 Å². The smallest absolute Gasteiger partial charge is 0.235 e. The van der Waals surface area contributed by atoms with Gasteiger partial charge in [-0.15, -0.1) is 11.8 Å². The molecule has 1 aromatic carbocycles. The topological polar surface area (TPSA) is 90.7 Å². The Bertz CT molecular complexity index is 806. The van der Waals surface area contributed by atoms with Gasteiger partial charge in [0, 0.05) is 44.5 Å². The number of nitrogens with zero attached hydrogens (tertiary/aromatic N) is 3. The van der Waals surface area contributed by atoms with Gasteiger partial charge < -0.3 is 20.1 Å². The first kappa shape index (κ1) is 22.2. The summed E-state index contributed by atoms with van der Waals surface area (Å²) >= 11 is 1.28. The monoisotopic (exact) mass is 431 g/mol. The summed E-state index contributed by atoms with van der Waals surface area (Å²) in [5.41, 5.74) is 1.28. The standard InChI is InChI=1S/C21H29N5O3S/c1-17-14-19(24-29-17)23-21(28)16-30-15-20(27)22-8-5-9-25-10-12-26(13-11-25)18-6-3-2-4-7-18/h2-4,6-7,14H,5,8-13,15-16H2,1H3,(H,22,27)(H,23,24,28). The van der Waals surface area contributed by atoms with E-state index in [2.05, 4.69) is 49.9 Å². The number of hydrogen-bond acceptors (Lipinski definition) is 7. The number of piperazine rings is 1. The normalized spacial score (nSPS) is 14.5. The van der Waals surface area contributed by atoms with Crippen LogP contribution in [0, 0.1) is 6.92 Å². The minimum absolute atomic E-state index is 0.0426. The second kappa shape index (κ2) is 11.6. The molecule has 0 bridgehead atoms. The average molecular weight is 432 g/mol. The third-order valence-electron chi connectivity index (χ3n) is 4.83. The predicted molar refractivity (Wildman–Crippen MR) is 120 cm³/mol. The Morgan fingerprint density at radius 2 is 1.83 bits per heavy atom. The Hall–Kier alpha value is -2.52. The van der Waals surface area contributed by atoms with E-state index in [0.29, 0.717) is 18.1 Å². The van der Waals surface area contributed by atoms with Crippen molar-refractivity contribution in [1.82, 2.24) is 15.4 Å². The lowest BCUT2D eigenvalue weighted by atomic mass is 10.2. The molecule has 0 spiro atoms. The van der Waals surface area contributed by atoms with Crippen molar-refractivity contribution in [3.05, 3.63) is 42.2 Å². The number of aromatic nitrogens is 1. The number of para-hydroxylation sites is 1. The van der Waals surface area contributed by atoms with E-state index in [0.717, 1.165) is 39.1 Å². The van der Waals surface area contributed by atoms with Crippen LogP contribution in [0.4, 0.5) is 11.5 Å². The van der Waals surface area contributed by atoms with Crippen LogP contribution in [0.25, 0.3) is 0 Å². The molecule has 1 aliphatic heterocycles. The lowest BCUT2D eigenvalue weighted by Gasteiger charge is -2.36. The maximum atomic E-state index is 11.9. The first-order chi connectivity index (χ1) is 14.6. The van der Waals surface area contributed by atoms with Crippen LogP contribution in [0.15, 0.2) is 40.9 Å². The fourth-order valence-electron chi connectivity index (χ4n) is 3.29. The Labute approximate surface area is 181 Å². The maximum absolute atomic E-state index is 11.9. The lowest BCUT2D eigenvalue weighted by molar-refractivity contribution is -0.118. The molecule has 3 rings (SSSR count). The Morgan fingerprint density at radius 3 is 2.53 bits per heavy atom. The molecule has 8 nitrogen and oxygen atoms in total. The van der Waals surface area contributed by atoms with Crippen molar-refractivity contribution >= 4 is 35.1 Å². The quantitative estimate of drug-likeness (QED) is 0.556. The third kappa shape index (κ3) is 7.38. The lowest BCUT2D eigenvalue weighted by Crippen LogP contribution is -2.47. The fraction of sp³-hybridized carbons (Fsp3) is 0.476. The molecule has 2 N–H and O–H groups in total. The summed E-state index contributed by atoms with van der Waals surface area (Å²) in [5.74, 6) is 1.25. The van der Waals surface area contributed by atoms with Crippen molar-refractivity contribution < 1.29 is 14.1 Å². The van der Waals surface area contributed by atoms with Gasteiger partial charge in [-0.05, 0) is 32.0 Å². The van der Waals surface area contributed by atoms with E-state index >= 15 is 0 Å². The number of thioether (sulfide) groups is 1. The molecule has 1 fully saturated rings. The van der Waals surface area contributed by atoms with Crippen molar-refractivity contribution in [2.75, 3.05) is 61.0 Å². The highest BCUT2D eigenvalue weighted by atomic mass is 32.2. The van der Waals surface area contributed by atoms with E-state index in [4.69, 9.17) is 4.52 Å². The molecule has 2 amide bonds. The van der Waals surface area contributed by atoms with E-state index in [1.54, 1.807) is 13.0 Å². The second-order valence-corrected chi connectivity index (χ2v) is 8.22. The van der Waals surface area contributed by atoms with E-state index < -0.39 is 0 Å². The average Bonchev–Trinajstić information content (AvgIpc) is 3.16. The Morgan fingerprint density at radius 1 is 1.10 bits per heavy atom. The zero-order valence-electron chi connectivity index (χ0n) is 17.3. The van der Waals surface area contributed by atoms with Gasteiger partial charge in [0.1, 0.15) is 5.76 Å². The zero-order chi connectivity index (χ0) is 21.2. The van der Waals surface area contributed by atoms with Gasteiger partial charge in [0.2, 0.25) is 11.8 Å². The minimum atomic E-state index is -0.198. The maximum Gasteiger partial charge on any atom is 0.235 e. The highest BCUT2D eigenvalue weighted by Crippen LogP contribution is 2.15. The Kier molecular flexibility index (Phi) is 8.58. The van der Waals surface area contributed by atoms with Crippen molar-refractivity contribution in [3.63, 3.8) is 0 Å². The molecule has 0 atom stereocenters. The molecule has 0 unspecified atom stereocenters. The summed E-state index contributed by atoms with van der Waals surface area (Å²) in [6.07, 6.45) is 0.924. The van der Waals surface area contributed by atoms with Gasteiger partial charge in [0.05, 0.1) is 11.5 Å². The van der Waals surface area contributed by atoms with Crippen molar-refractivity contribution in [3.8, 4) is 0 Å². The van der Waals surface area contributed by atoms with Crippen LogP contribution in [-0.2, 0) is 9.59 Å². The summed E-state index contributed by atoms with van der Waals surface area (Å²) in [5, 5.41) is 9.27. The van der Waals surface area contributed by atoms with E-state index in [-0.39, 0.29) is 23.3 Å². The summed E-state index contributed by atoms with van der Waals surface area (Å²) < 4.78 is 4.89. The number of aryl methyl sites for hydroxylation is 1. The number of hydrogen-bond donors (Lipinski definition) is 2. The number of carbonyl (C=O) groups is 2. The van der Waals surface area contributed by atoms with Crippen LogP contribution in [0.5, 0.6) is 0 Å². The molecule has 2 heterocycles. The van der Waals surface area contributed by atoms with E-state index in [9.17, 15) is 9.59 Å². The van der Waals surface area contributed by atoms with Crippen LogP contribution in [-0.4, -0.2) is 72.6 Å². The Balaban J connectivity index is 1.20. The van der Waals surface area contributed by atoms with Crippen molar-refractivity contribution in [1.29, 1.82) is 0 Å². The van der Waals surface area contributed by atoms with E-state index in [1.807, 2.05) is 6.07 Å². The van der Waals surface area contributed by atoms with Crippen LogP contribution in [0.2, 0.25) is 0 Å². The molecule has 30 heavy (non-hydrogen) atoms. The second-order valence-electron chi connectivity index (χ2n) is 7.23. The van der Waals surface area contributed by atoms with Crippen LogP contribution >= 0.6 is 11.8 Å². The van der Waals surface area contributed by atoms with Gasteiger partial charge in [-0.25, -0.2) is 0 Å². The van der Waals surface area contributed by atoms with Crippen LogP contribution in [0.3, 0.4) is 0 Å². The molecule has 9 heteroatoms. The SMILES string of the molecule is Cc1cc(NC(=O)CSCC(=O)NCCCN2CCN(c3ccccc3)CC2)no1. The van der Waals surface area contributed by atoms with Gasteiger partial charge in [0.25, 0.3) is 0 Å². The molecule has 1 aliphatic rings. The molecule has 0 radical (unpaired) electrons. The number of benzene rings is 1. The molecule has 0 aliphatic carbocycles. The summed E-state index contributed by atoms with van der Waals surface area (Å²) in [6.45, 7) is 7.54. The predicted octanol–water partition coefficient (Wildman–Crippen LogP) is 1.98. The first-order valence-corrected chi connectivity index (χ1v) is 11.4. The minimum Gasteiger partial charge on any atom is -0.369 e. The number of rotatable bonds is 10.